The van der Waals surface area contributed by atoms with Gasteiger partial charge in [-0.25, -0.2) is 9.97 Å². The Balaban J connectivity index is 0.874. The lowest BCUT2D eigenvalue weighted by Gasteiger charge is -2.35. The molecule has 14 heteroatoms. The van der Waals surface area contributed by atoms with Gasteiger partial charge in [0.05, 0.1) is 32.1 Å². The second-order valence-corrected chi connectivity index (χ2v) is 17.6. The first-order valence-electron chi connectivity index (χ1n) is 22.0. The summed E-state index contributed by atoms with van der Waals surface area (Å²) in [6, 6.07) is 31.1. The summed E-state index contributed by atoms with van der Waals surface area (Å²) in [6.07, 6.45) is 2.23. The molecule has 4 heterocycles. The summed E-state index contributed by atoms with van der Waals surface area (Å²) in [4.78, 5) is 54.8. The van der Waals surface area contributed by atoms with E-state index in [0.717, 1.165) is 68.4 Å². The van der Waals surface area contributed by atoms with Crippen LogP contribution in [0.25, 0.3) is 21.7 Å². The molecule has 2 aliphatic heterocycles. The van der Waals surface area contributed by atoms with Crippen molar-refractivity contribution in [2.45, 2.75) is 71.3 Å². The molecule has 4 aromatic carbocycles. The standard InChI is InChI=1S/C51H54N6O7S/c1-32(2)47(57-29-36-10-5-6-13-42(36)50(57)60)51(61)56-30-39(58)26-44(56)49(59)52-28-37-24-35(48-33(3)20-23-65-48)14-19-45(37)64-22-8-7-21-63-41-12-9-11-34(25-41)43-27-46(54-31-53-43)55-38-15-17-40(62-4)18-16-38/h5-6,9-20,23-25,27,31-32,39,44,47,58H,7-8,21-22,26,28-30H2,1-4H3,(H,52,59)(H,53,54,55)/t39-,44+,47+/m1/s1. The summed E-state index contributed by atoms with van der Waals surface area (Å²) in [5, 5.41) is 19.2. The normalized spacial score (nSPS) is 16.1. The Hall–Kier alpha value is -6.77. The Morgan fingerprint density at radius 2 is 1.69 bits per heavy atom. The summed E-state index contributed by atoms with van der Waals surface area (Å²) in [5.41, 5.74) is 6.96. The first-order valence-corrected chi connectivity index (χ1v) is 22.9. The van der Waals surface area contributed by atoms with Gasteiger partial charge in [0, 0.05) is 59.4 Å². The van der Waals surface area contributed by atoms with Crippen LogP contribution in [0.5, 0.6) is 17.2 Å². The van der Waals surface area contributed by atoms with Crippen molar-refractivity contribution in [3.05, 3.63) is 137 Å². The molecule has 0 spiro atoms. The number of thiophene rings is 1. The number of rotatable bonds is 18. The zero-order valence-electron chi connectivity index (χ0n) is 37.0. The molecule has 3 N–H and O–H groups in total. The van der Waals surface area contributed by atoms with Gasteiger partial charge in [-0.1, -0.05) is 44.2 Å². The largest absolute Gasteiger partial charge is 0.497 e. The highest BCUT2D eigenvalue weighted by Crippen LogP contribution is 2.34. The van der Waals surface area contributed by atoms with Gasteiger partial charge >= 0.3 is 0 Å². The Kier molecular flexibility index (Phi) is 14.1. The Bertz CT molecular complexity index is 2630. The predicted octanol–water partition coefficient (Wildman–Crippen LogP) is 8.43. The third kappa shape index (κ3) is 10.5. The first-order chi connectivity index (χ1) is 31.6. The molecule has 6 aromatic rings. The zero-order valence-corrected chi connectivity index (χ0v) is 37.8. The number of nitrogens with one attached hydrogen (secondary N) is 2. The van der Waals surface area contributed by atoms with Crippen molar-refractivity contribution in [3.8, 4) is 38.9 Å². The van der Waals surface area contributed by atoms with Crippen LogP contribution in [0.15, 0.2) is 115 Å². The van der Waals surface area contributed by atoms with Crippen molar-refractivity contribution < 1.29 is 33.7 Å². The van der Waals surface area contributed by atoms with Crippen molar-refractivity contribution in [2.24, 2.45) is 5.92 Å². The number of benzene rings is 4. The fourth-order valence-electron chi connectivity index (χ4n) is 8.45. The number of aliphatic hydroxyl groups excluding tert-OH is 1. The number of aryl methyl sites for hydroxylation is 1. The van der Waals surface area contributed by atoms with E-state index in [4.69, 9.17) is 14.2 Å². The number of fused-ring (bicyclic) bond motifs is 1. The highest BCUT2D eigenvalue weighted by molar-refractivity contribution is 7.13. The van der Waals surface area contributed by atoms with Gasteiger partial charge in [-0.2, -0.15) is 0 Å². The summed E-state index contributed by atoms with van der Waals surface area (Å²) in [6.45, 7) is 7.27. The lowest BCUT2D eigenvalue weighted by atomic mass is 10.00. The first kappa shape index (κ1) is 44.8. The molecule has 3 amide bonds. The number of anilines is 2. The number of hydrogen-bond acceptors (Lipinski definition) is 11. The molecule has 8 rings (SSSR count). The predicted molar refractivity (Wildman–Crippen MR) is 251 cm³/mol. The molecule has 1 fully saturated rings. The van der Waals surface area contributed by atoms with Gasteiger partial charge in [0.25, 0.3) is 5.91 Å². The number of carbonyl (C=O) groups is 3. The van der Waals surface area contributed by atoms with Crippen molar-refractivity contribution in [1.82, 2.24) is 25.1 Å². The lowest BCUT2D eigenvalue weighted by molar-refractivity contribution is -0.143. The zero-order chi connectivity index (χ0) is 45.5. The van der Waals surface area contributed by atoms with Gasteiger partial charge in [0.2, 0.25) is 11.8 Å². The van der Waals surface area contributed by atoms with E-state index in [9.17, 15) is 19.5 Å². The highest BCUT2D eigenvalue weighted by atomic mass is 32.1. The van der Waals surface area contributed by atoms with E-state index < -0.39 is 18.2 Å². The molecule has 1 saturated heterocycles. The molecule has 0 radical (unpaired) electrons. The van der Waals surface area contributed by atoms with Crippen LogP contribution >= 0.6 is 11.3 Å². The van der Waals surface area contributed by atoms with E-state index >= 15 is 0 Å². The average molecular weight is 895 g/mol. The third-order valence-corrected chi connectivity index (χ3v) is 12.9. The van der Waals surface area contributed by atoms with Crippen LogP contribution < -0.4 is 24.8 Å². The van der Waals surface area contributed by atoms with E-state index in [-0.39, 0.29) is 43.1 Å². The number of nitrogens with zero attached hydrogens (tertiary/aromatic N) is 4. The summed E-state index contributed by atoms with van der Waals surface area (Å²) < 4.78 is 17.7. The SMILES string of the molecule is COc1ccc(Nc2cc(-c3cccc(OCCCCOc4ccc(-c5sccc5C)cc4CNC(=O)[C@@H]4C[C@@H](O)CN4C(=O)[C@H](C(C)C)N4Cc5ccccc5C4=O)c3)ncn2)cc1. The molecular formula is C51H54N6O7S. The fourth-order valence-corrected chi connectivity index (χ4v) is 9.38. The lowest BCUT2D eigenvalue weighted by Crippen LogP contribution is -2.55. The highest BCUT2D eigenvalue weighted by Gasteiger charge is 2.45. The quantitative estimate of drug-likeness (QED) is 0.0717. The number of aromatic nitrogens is 2. The third-order valence-electron chi connectivity index (χ3n) is 11.8. The van der Waals surface area contributed by atoms with Gasteiger partial charge < -0.3 is 39.8 Å². The van der Waals surface area contributed by atoms with Gasteiger partial charge in [0.15, 0.2) is 0 Å². The second kappa shape index (κ2) is 20.4. The molecule has 0 unspecified atom stereocenters. The number of amides is 3. The maximum atomic E-state index is 14.3. The molecule has 336 valence electrons. The Morgan fingerprint density at radius 3 is 2.45 bits per heavy atom. The van der Waals surface area contributed by atoms with Gasteiger partial charge in [0.1, 0.15) is 41.5 Å². The number of aliphatic hydroxyl groups is 1. The average Bonchev–Trinajstić information content (AvgIpc) is 4.03. The van der Waals surface area contributed by atoms with E-state index in [1.807, 2.05) is 105 Å². The number of β-amino-alcohol motifs (C(OH)–C–C–N with tert-alkyl or cyclic N) is 1. The van der Waals surface area contributed by atoms with Crippen LogP contribution in [0.1, 0.15) is 60.2 Å². The molecule has 0 bridgehead atoms. The number of ether oxygens (including phenoxy) is 3. The van der Waals surface area contributed by atoms with Crippen molar-refractivity contribution in [1.29, 1.82) is 0 Å². The molecule has 65 heavy (non-hydrogen) atoms. The molecule has 2 aliphatic rings. The maximum Gasteiger partial charge on any atom is 0.255 e. The van der Waals surface area contributed by atoms with Crippen LogP contribution in [-0.4, -0.2) is 87.7 Å². The van der Waals surface area contributed by atoms with Crippen LogP contribution in [0.4, 0.5) is 11.5 Å². The van der Waals surface area contributed by atoms with Crippen LogP contribution in [-0.2, 0) is 22.7 Å². The molecular weight excluding hydrogens is 841 g/mol. The van der Waals surface area contributed by atoms with Crippen LogP contribution in [0.3, 0.4) is 0 Å². The maximum absolute atomic E-state index is 14.3. The van der Waals surface area contributed by atoms with Gasteiger partial charge in [-0.15, -0.1) is 11.3 Å². The van der Waals surface area contributed by atoms with Gasteiger partial charge in [-0.3, -0.25) is 14.4 Å². The smallest absolute Gasteiger partial charge is 0.255 e. The van der Waals surface area contributed by atoms with E-state index in [1.54, 1.807) is 29.4 Å². The van der Waals surface area contributed by atoms with Crippen molar-refractivity contribution in [3.63, 3.8) is 0 Å². The number of unbranched alkanes of at least 4 members (excludes halogenated alkanes) is 1. The minimum Gasteiger partial charge on any atom is -0.497 e. The van der Waals surface area contributed by atoms with Crippen LogP contribution in [0.2, 0.25) is 0 Å². The van der Waals surface area contributed by atoms with Crippen molar-refractivity contribution >= 4 is 40.6 Å². The van der Waals surface area contributed by atoms with Crippen molar-refractivity contribution in [2.75, 3.05) is 32.2 Å². The molecule has 13 nitrogen and oxygen atoms in total. The monoisotopic (exact) mass is 894 g/mol. The number of likely N-dealkylation sites (tertiary alicyclic amines) is 1. The topological polar surface area (TPSA) is 155 Å². The Labute approximate surface area is 383 Å². The van der Waals surface area contributed by atoms with E-state index in [2.05, 4.69) is 39.0 Å². The van der Waals surface area contributed by atoms with E-state index in [1.165, 1.54) is 11.2 Å². The summed E-state index contributed by atoms with van der Waals surface area (Å²) >= 11 is 1.65. The molecule has 0 saturated carbocycles. The van der Waals surface area contributed by atoms with E-state index in [0.29, 0.717) is 36.9 Å². The second-order valence-electron chi connectivity index (χ2n) is 16.7. The summed E-state index contributed by atoms with van der Waals surface area (Å²) in [7, 11) is 1.64. The number of hydrogen-bond donors (Lipinski definition) is 3. The molecule has 0 aliphatic carbocycles. The minimum atomic E-state index is -0.896. The molecule has 2 aromatic heterocycles. The van der Waals surface area contributed by atoms with Gasteiger partial charge in [-0.05, 0) is 114 Å². The summed E-state index contributed by atoms with van der Waals surface area (Å²) in [5.74, 6) is 1.69. The molecule has 3 atom stereocenters. The fraction of sp³-hybridized carbons (Fsp3) is 0.314. The minimum absolute atomic E-state index is 0.0122. The van der Waals surface area contributed by atoms with Crippen LogP contribution in [0, 0.1) is 12.8 Å². The number of carbonyl (C=O) groups excluding carboxylic acids is 3. The Morgan fingerprint density at radius 1 is 0.892 bits per heavy atom. The number of methoxy groups -OCH3 is 1.